The molecule has 2 amide bonds. The zero-order valence-corrected chi connectivity index (χ0v) is 19.3. The summed E-state index contributed by atoms with van der Waals surface area (Å²) in [5, 5.41) is 3.77. The topological polar surface area (TPSA) is 61.4 Å². The quantitative estimate of drug-likeness (QED) is 0.628. The molecular weight excluding hydrogens is 422 g/mol. The van der Waals surface area contributed by atoms with Crippen molar-refractivity contribution < 1.29 is 4.79 Å². The van der Waals surface area contributed by atoms with Crippen LogP contribution in [-0.2, 0) is 13.0 Å². The van der Waals surface area contributed by atoms with Gasteiger partial charge in [-0.3, -0.25) is 0 Å². The van der Waals surface area contributed by atoms with E-state index in [4.69, 9.17) is 16.6 Å². The van der Waals surface area contributed by atoms with E-state index >= 15 is 0 Å². The van der Waals surface area contributed by atoms with E-state index in [0.717, 1.165) is 52.1 Å². The molecule has 0 radical (unpaired) electrons. The van der Waals surface area contributed by atoms with Gasteiger partial charge in [0.05, 0.1) is 0 Å². The van der Waals surface area contributed by atoms with Gasteiger partial charge in [-0.05, 0) is 31.0 Å². The van der Waals surface area contributed by atoms with Crippen LogP contribution in [0.15, 0.2) is 54.6 Å². The number of halogens is 1. The molecule has 166 valence electrons. The summed E-state index contributed by atoms with van der Waals surface area (Å²) in [7, 11) is 0. The maximum Gasteiger partial charge on any atom is 0.317 e. The zero-order chi connectivity index (χ0) is 22.5. The number of hydrogen-bond acceptors (Lipinski definition) is 4. The average molecular weight is 450 g/mol. The maximum absolute atomic E-state index is 12.6. The van der Waals surface area contributed by atoms with Gasteiger partial charge in [-0.1, -0.05) is 60.1 Å². The van der Waals surface area contributed by atoms with Crippen molar-refractivity contribution in [3.05, 3.63) is 87.8 Å². The summed E-state index contributed by atoms with van der Waals surface area (Å²) in [6.07, 6.45) is 0.679. The van der Waals surface area contributed by atoms with E-state index in [-0.39, 0.29) is 6.03 Å². The Morgan fingerprint density at radius 3 is 2.38 bits per heavy atom. The Morgan fingerprint density at radius 1 is 0.969 bits per heavy atom. The highest BCUT2D eigenvalue weighted by Gasteiger charge is 2.25. The number of aromatic nitrogens is 2. The SMILES string of the molecule is Cc1nc(C)c(Cc2ccccc2Cl)c(N2CCN(C(=O)NCc3ccccc3)CC2)n1. The van der Waals surface area contributed by atoms with Crippen LogP contribution in [0.3, 0.4) is 0 Å². The van der Waals surface area contributed by atoms with Crippen LogP contribution in [-0.4, -0.2) is 47.1 Å². The largest absolute Gasteiger partial charge is 0.353 e. The third-order valence-electron chi connectivity index (χ3n) is 5.78. The Morgan fingerprint density at radius 2 is 1.66 bits per heavy atom. The third kappa shape index (κ3) is 5.19. The van der Waals surface area contributed by atoms with Crippen LogP contribution in [0, 0.1) is 13.8 Å². The molecule has 0 unspecified atom stereocenters. The Hall–Kier alpha value is -3.12. The second-order valence-electron chi connectivity index (χ2n) is 8.04. The van der Waals surface area contributed by atoms with Crippen molar-refractivity contribution in [3.8, 4) is 0 Å². The maximum atomic E-state index is 12.6. The Balaban J connectivity index is 1.44. The molecule has 1 aliphatic heterocycles. The molecule has 1 aromatic heterocycles. The Bertz CT molecular complexity index is 1080. The predicted molar refractivity (Wildman–Crippen MR) is 128 cm³/mol. The standard InChI is InChI=1S/C25H28ClN5O/c1-18-22(16-21-10-6-7-11-23(21)26)24(29-19(2)28-18)30-12-14-31(15-13-30)25(32)27-17-20-8-4-3-5-9-20/h3-11H,12-17H2,1-2H3,(H,27,32). The van der Waals surface area contributed by atoms with E-state index in [2.05, 4.69) is 15.2 Å². The van der Waals surface area contributed by atoms with E-state index in [1.807, 2.05) is 73.3 Å². The van der Waals surface area contributed by atoms with E-state index in [1.165, 1.54) is 0 Å². The summed E-state index contributed by atoms with van der Waals surface area (Å²) < 4.78 is 0. The van der Waals surface area contributed by atoms with Gasteiger partial charge in [-0.15, -0.1) is 0 Å². The first-order chi connectivity index (χ1) is 15.5. The van der Waals surface area contributed by atoms with Crippen molar-refractivity contribution in [2.24, 2.45) is 0 Å². The number of carbonyl (C=O) groups is 1. The van der Waals surface area contributed by atoms with Gasteiger partial charge in [-0.25, -0.2) is 14.8 Å². The highest BCUT2D eigenvalue weighted by atomic mass is 35.5. The number of amides is 2. The Kier molecular flexibility index (Phi) is 6.90. The molecule has 0 spiro atoms. The number of rotatable bonds is 5. The van der Waals surface area contributed by atoms with Gasteiger partial charge in [0.25, 0.3) is 0 Å². The Labute approximate surface area is 194 Å². The van der Waals surface area contributed by atoms with Gasteiger partial charge in [0, 0.05) is 55.4 Å². The van der Waals surface area contributed by atoms with Crippen LogP contribution in [0.4, 0.5) is 10.6 Å². The fraction of sp³-hybridized carbons (Fsp3) is 0.320. The van der Waals surface area contributed by atoms with Crippen LogP contribution in [0.2, 0.25) is 5.02 Å². The fourth-order valence-electron chi connectivity index (χ4n) is 4.03. The zero-order valence-electron chi connectivity index (χ0n) is 18.5. The van der Waals surface area contributed by atoms with E-state index in [9.17, 15) is 4.79 Å². The van der Waals surface area contributed by atoms with Gasteiger partial charge < -0.3 is 15.1 Å². The highest BCUT2D eigenvalue weighted by Crippen LogP contribution is 2.27. The number of aryl methyl sites for hydroxylation is 2. The molecule has 1 aliphatic rings. The molecule has 0 aliphatic carbocycles. The number of hydrogen-bond donors (Lipinski definition) is 1. The lowest BCUT2D eigenvalue weighted by Crippen LogP contribution is -2.52. The molecule has 7 heteroatoms. The van der Waals surface area contributed by atoms with Crippen molar-refractivity contribution in [1.29, 1.82) is 0 Å². The van der Waals surface area contributed by atoms with Gasteiger partial charge >= 0.3 is 6.03 Å². The molecular formula is C25H28ClN5O. The van der Waals surface area contributed by atoms with Crippen molar-refractivity contribution in [1.82, 2.24) is 20.2 Å². The molecule has 2 aromatic carbocycles. The first-order valence-electron chi connectivity index (χ1n) is 10.9. The first-order valence-corrected chi connectivity index (χ1v) is 11.3. The van der Waals surface area contributed by atoms with Crippen LogP contribution in [0.25, 0.3) is 0 Å². The number of nitrogens with one attached hydrogen (secondary N) is 1. The lowest BCUT2D eigenvalue weighted by molar-refractivity contribution is 0.193. The van der Waals surface area contributed by atoms with E-state index < -0.39 is 0 Å². The van der Waals surface area contributed by atoms with E-state index in [0.29, 0.717) is 26.1 Å². The fourth-order valence-corrected chi connectivity index (χ4v) is 4.23. The van der Waals surface area contributed by atoms with Crippen LogP contribution < -0.4 is 10.2 Å². The van der Waals surface area contributed by atoms with Crippen molar-refractivity contribution >= 4 is 23.4 Å². The smallest absolute Gasteiger partial charge is 0.317 e. The normalized spacial score (nSPS) is 13.8. The first kappa shape index (κ1) is 22.1. The van der Waals surface area contributed by atoms with Gasteiger partial charge in [-0.2, -0.15) is 0 Å². The van der Waals surface area contributed by atoms with Crippen LogP contribution >= 0.6 is 11.6 Å². The third-order valence-corrected chi connectivity index (χ3v) is 6.15. The molecule has 4 rings (SSSR count). The van der Waals surface area contributed by atoms with Crippen molar-refractivity contribution in [3.63, 3.8) is 0 Å². The molecule has 1 fully saturated rings. The number of carbonyl (C=O) groups excluding carboxylic acids is 1. The summed E-state index contributed by atoms with van der Waals surface area (Å²) in [4.78, 5) is 26.1. The minimum Gasteiger partial charge on any atom is -0.353 e. The number of anilines is 1. The van der Waals surface area contributed by atoms with Gasteiger partial charge in [0.2, 0.25) is 0 Å². The van der Waals surface area contributed by atoms with Gasteiger partial charge in [0.1, 0.15) is 11.6 Å². The summed E-state index contributed by atoms with van der Waals surface area (Å²) in [5.41, 5.74) is 4.21. The summed E-state index contributed by atoms with van der Waals surface area (Å²) in [5.74, 6) is 1.70. The second-order valence-corrected chi connectivity index (χ2v) is 8.45. The molecule has 3 aromatic rings. The lowest BCUT2D eigenvalue weighted by atomic mass is 10.0. The van der Waals surface area contributed by atoms with Crippen molar-refractivity contribution in [2.45, 2.75) is 26.8 Å². The second kappa shape index (κ2) is 10.0. The number of piperazine rings is 1. The number of benzene rings is 2. The van der Waals surface area contributed by atoms with Gasteiger partial charge in [0.15, 0.2) is 0 Å². The highest BCUT2D eigenvalue weighted by molar-refractivity contribution is 6.31. The lowest BCUT2D eigenvalue weighted by Gasteiger charge is -2.36. The molecule has 0 atom stereocenters. The monoisotopic (exact) mass is 449 g/mol. The summed E-state index contributed by atoms with van der Waals surface area (Å²) >= 11 is 6.42. The minimum atomic E-state index is -0.0279. The summed E-state index contributed by atoms with van der Waals surface area (Å²) in [6, 6.07) is 17.8. The molecule has 0 bridgehead atoms. The minimum absolute atomic E-state index is 0.0279. The summed E-state index contributed by atoms with van der Waals surface area (Å²) in [6.45, 7) is 7.23. The molecule has 0 saturated carbocycles. The molecule has 2 heterocycles. The average Bonchev–Trinajstić information content (AvgIpc) is 2.81. The number of nitrogens with zero attached hydrogens (tertiary/aromatic N) is 4. The molecule has 6 nitrogen and oxygen atoms in total. The van der Waals surface area contributed by atoms with Crippen molar-refractivity contribution in [2.75, 3.05) is 31.1 Å². The molecule has 1 N–H and O–H groups in total. The van der Waals surface area contributed by atoms with Crippen LogP contribution in [0.5, 0.6) is 0 Å². The predicted octanol–water partition coefficient (Wildman–Crippen LogP) is 4.37. The number of urea groups is 1. The molecule has 32 heavy (non-hydrogen) atoms. The van der Waals surface area contributed by atoms with Crippen LogP contribution in [0.1, 0.15) is 28.2 Å². The van der Waals surface area contributed by atoms with E-state index in [1.54, 1.807) is 0 Å². The molecule has 1 saturated heterocycles.